The van der Waals surface area contributed by atoms with E-state index in [1.165, 1.54) is 0 Å². The summed E-state index contributed by atoms with van der Waals surface area (Å²) < 4.78 is 15.7. The van der Waals surface area contributed by atoms with Crippen LogP contribution in [0.1, 0.15) is 26.3 Å². The van der Waals surface area contributed by atoms with Gasteiger partial charge in [-0.3, -0.25) is 9.69 Å². The molecule has 1 atom stereocenters. The van der Waals surface area contributed by atoms with Crippen molar-refractivity contribution in [3.8, 4) is 11.5 Å². The Balaban J connectivity index is 1.95. The fraction of sp³-hybridized carbons (Fsp3) is 0.619. The van der Waals surface area contributed by atoms with E-state index in [1.807, 2.05) is 36.9 Å². The molecule has 1 aliphatic rings. The second-order valence-corrected chi connectivity index (χ2v) is 7.37. The molecule has 0 saturated carbocycles. The third kappa shape index (κ3) is 6.25. The number of methoxy groups -OCH3 is 2. The lowest BCUT2D eigenvalue weighted by Gasteiger charge is -2.37. The van der Waals surface area contributed by atoms with Gasteiger partial charge in [-0.15, -0.1) is 0 Å². The van der Waals surface area contributed by atoms with Gasteiger partial charge in [0.05, 0.1) is 20.8 Å². The fourth-order valence-corrected chi connectivity index (χ4v) is 3.38. The van der Waals surface area contributed by atoms with Crippen molar-refractivity contribution in [3.05, 3.63) is 23.8 Å². The average molecular weight is 408 g/mol. The number of nitrogens with zero attached hydrogens (tertiary/aromatic N) is 2. The van der Waals surface area contributed by atoms with Crippen molar-refractivity contribution in [2.75, 3.05) is 47.0 Å². The standard InChI is InChI=1S/C21H33N3O5/c1-6-29-21(26)22-19(15(2)3)20(25)24-11-9-23(10-12-24)14-16-13-17(27-4)7-8-18(16)28-5/h7-8,13,15,19H,6,9-12,14H2,1-5H3,(H,22,26). The van der Waals surface area contributed by atoms with Crippen molar-refractivity contribution >= 4 is 12.0 Å². The molecule has 0 radical (unpaired) electrons. The lowest BCUT2D eigenvalue weighted by molar-refractivity contribution is -0.136. The molecule has 1 aliphatic heterocycles. The zero-order chi connectivity index (χ0) is 21.4. The van der Waals surface area contributed by atoms with Crippen molar-refractivity contribution in [2.45, 2.75) is 33.4 Å². The smallest absolute Gasteiger partial charge is 0.407 e. The minimum Gasteiger partial charge on any atom is -0.497 e. The molecule has 1 fully saturated rings. The van der Waals surface area contributed by atoms with Gasteiger partial charge in [0.1, 0.15) is 17.5 Å². The van der Waals surface area contributed by atoms with Gasteiger partial charge in [0.15, 0.2) is 0 Å². The summed E-state index contributed by atoms with van der Waals surface area (Å²) in [5, 5.41) is 2.70. The Morgan fingerprint density at radius 3 is 2.34 bits per heavy atom. The molecule has 0 aliphatic carbocycles. The summed E-state index contributed by atoms with van der Waals surface area (Å²) in [6.45, 7) is 9.28. The number of ether oxygens (including phenoxy) is 3. The average Bonchev–Trinajstić information content (AvgIpc) is 2.72. The van der Waals surface area contributed by atoms with Gasteiger partial charge in [0.2, 0.25) is 5.91 Å². The minimum atomic E-state index is -0.584. The number of carbonyl (C=O) groups excluding carboxylic acids is 2. The van der Waals surface area contributed by atoms with Crippen LogP contribution in [-0.2, 0) is 16.1 Å². The van der Waals surface area contributed by atoms with Crippen LogP contribution in [0.5, 0.6) is 11.5 Å². The molecule has 2 rings (SSSR count). The Labute approximate surface area is 173 Å². The lowest BCUT2D eigenvalue weighted by Crippen LogP contribution is -2.56. The molecular weight excluding hydrogens is 374 g/mol. The van der Waals surface area contributed by atoms with Crippen LogP contribution in [-0.4, -0.2) is 74.8 Å². The molecule has 1 saturated heterocycles. The first-order chi connectivity index (χ1) is 13.9. The number of hydrogen-bond donors (Lipinski definition) is 1. The van der Waals surface area contributed by atoms with E-state index >= 15 is 0 Å². The Bertz CT molecular complexity index is 687. The molecule has 1 heterocycles. The Kier molecular flexibility index (Phi) is 8.57. The highest BCUT2D eigenvalue weighted by Gasteiger charge is 2.31. The van der Waals surface area contributed by atoms with Crippen LogP contribution in [0.15, 0.2) is 18.2 Å². The number of alkyl carbamates (subject to hydrolysis) is 1. The molecule has 29 heavy (non-hydrogen) atoms. The van der Waals surface area contributed by atoms with E-state index in [2.05, 4.69) is 10.2 Å². The second-order valence-electron chi connectivity index (χ2n) is 7.37. The topological polar surface area (TPSA) is 80.3 Å². The number of nitrogens with one attached hydrogen (secondary N) is 1. The quantitative estimate of drug-likeness (QED) is 0.711. The molecule has 0 spiro atoms. The van der Waals surface area contributed by atoms with Gasteiger partial charge in [-0.1, -0.05) is 13.8 Å². The van der Waals surface area contributed by atoms with E-state index in [0.717, 1.165) is 36.7 Å². The van der Waals surface area contributed by atoms with Gasteiger partial charge in [0.25, 0.3) is 0 Å². The van der Waals surface area contributed by atoms with E-state index < -0.39 is 12.1 Å². The maximum atomic E-state index is 12.9. The SMILES string of the molecule is CCOC(=O)NC(C(=O)N1CCN(Cc2cc(OC)ccc2OC)CC1)C(C)C. The summed E-state index contributed by atoms with van der Waals surface area (Å²) in [4.78, 5) is 28.8. The zero-order valence-electron chi connectivity index (χ0n) is 18.1. The van der Waals surface area contributed by atoms with Gasteiger partial charge in [-0.25, -0.2) is 4.79 Å². The number of piperazine rings is 1. The van der Waals surface area contributed by atoms with Crippen LogP contribution in [0.4, 0.5) is 4.79 Å². The molecule has 0 bridgehead atoms. The number of hydrogen-bond acceptors (Lipinski definition) is 6. The van der Waals surface area contributed by atoms with Crippen LogP contribution in [0.25, 0.3) is 0 Å². The summed E-state index contributed by atoms with van der Waals surface area (Å²) in [5.41, 5.74) is 1.05. The number of carbonyl (C=O) groups is 2. The number of benzene rings is 1. The Hall–Kier alpha value is -2.48. The summed E-state index contributed by atoms with van der Waals surface area (Å²) in [6, 6.07) is 5.18. The first-order valence-corrected chi connectivity index (χ1v) is 10.0. The van der Waals surface area contributed by atoms with Crippen LogP contribution < -0.4 is 14.8 Å². The number of rotatable bonds is 8. The van der Waals surface area contributed by atoms with Crippen molar-refractivity contribution in [1.82, 2.24) is 15.1 Å². The molecule has 8 heteroatoms. The van der Waals surface area contributed by atoms with Gasteiger partial charge in [0, 0.05) is 38.3 Å². The first-order valence-electron chi connectivity index (χ1n) is 10.0. The van der Waals surface area contributed by atoms with Gasteiger partial charge in [-0.05, 0) is 31.0 Å². The first kappa shape index (κ1) is 22.8. The maximum Gasteiger partial charge on any atom is 0.407 e. The summed E-state index contributed by atoms with van der Waals surface area (Å²) >= 11 is 0. The molecule has 2 amide bonds. The van der Waals surface area contributed by atoms with E-state index in [1.54, 1.807) is 21.1 Å². The predicted octanol–water partition coefficient (Wildman–Crippen LogP) is 2.12. The molecule has 0 aromatic heterocycles. The zero-order valence-corrected chi connectivity index (χ0v) is 18.1. The highest BCUT2D eigenvalue weighted by atomic mass is 16.5. The Morgan fingerprint density at radius 2 is 1.79 bits per heavy atom. The van der Waals surface area contributed by atoms with Crippen molar-refractivity contribution in [2.24, 2.45) is 5.92 Å². The number of amides is 2. The van der Waals surface area contributed by atoms with E-state index in [9.17, 15) is 9.59 Å². The van der Waals surface area contributed by atoms with Crippen LogP contribution >= 0.6 is 0 Å². The monoisotopic (exact) mass is 407 g/mol. The molecule has 1 unspecified atom stereocenters. The van der Waals surface area contributed by atoms with Crippen LogP contribution in [0.3, 0.4) is 0 Å². The molecule has 1 aromatic carbocycles. The van der Waals surface area contributed by atoms with E-state index in [0.29, 0.717) is 13.1 Å². The molecular formula is C21H33N3O5. The maximum absolute atomic E-state index is 12.9. The van der Waals surface area contributed by atoms with Gasteiger partial charge >= 0.3 is 6.09 Å². The summed E-state index contributed by atoms with van der Waals surface area (Å²) in [6.07, 6.45) is -0.552. The van der Waals surface area contributed by atoms with Crippen molar-refractivity contribution in [1.29, 1.82) is 0 Å². The van der Waals surface area contributed by atoms with Crippen molar-refractivity contribution in [3.63, 3.8) is 0 Å². The summed E-state index contributed by atoms with van der Waals surface area (Å²) in [7, 11) is 3.30. The molecule has 1 N–H and O–H groups in total. The summed E-state index contributed by atoms with van der Waals surface area (Å²) in [5.74, 6) is 1.53. The fourth-order valence-electron chi connectivity index (χ4n) is 3.38. The van der Waals surface area contributed by atoms with Crippen LogP contribution in [0, 0.1) is 5.92 Å². The van der Waals surface area contributed by atoms with E-state index in [-0.39, 0.29) is 18.4 Å². The minimum absolute atomic E-state index is 0.0222. The van der Waals surface area contributed by atoms with E-state index in [4.69, 9.17) is 14.2 Å². The third-order valence-corrected chi connectivity index (χ3v) is 5.05. The third-order valence-electron chi connectivity index (χ3n) is 5.05. The lowest BCUT2D eigenvalue weighted by atomic mass is 10.0. The Morgan fingerprint density at radius 1 is 1.10 bits per heavy atom. The van der Waals surface area contributed by atoms with Gasteiger partial charge in [-0.2, -0.15) is 0 Å². The van der Waals surface area contributed by atoms with Gasteiger partial charge < -0.3 is 24.4 Å². The van der Waals surface area contributed by atoms with Crippen molar-refractivity contribution < 1.29 is 23.8 Å². The highest BCUT2D eigenvalue weighted by Crippen LogP contribution is 2.25. The largest absolute Gasteiger partial charge is 0.497 e. The molecule has 8 nitrogen and oxygen atoms in total. The molecule has 162 valence electrons. The molecule has 1 aromatic rings. The second kappa shape index (κ2) is 10.9. The van der Waals surface area contributed by atoms with Crippen LogP contribution in [0.2, 0.25) is 0 Å². The normalized spacial score (nSPS) is 15.7. The highest BCUT2D eigenvalue weighted by molar-refractivity contribution is 5.86. The predicted molar refractivity (Wildman–Crippen MR) is 110 cm³/mol.